The van der Waals surface area contributed by atoms with Crippen LogP contribution in [0.3, 0.4) is 0 Å². The van der Waals surface area contributed by atoms with E-state index in [2.05, 4.69) is 20.8 Å². The molecule has 1 heterocycles. The summed E-state index contributed by atoms with van der Waals surface area (Å²) in [5, 5.41) is 6.23. The highest BCUT2D eigenvalue weighted by Crippen LogP contribution is 2.11. The summed E-state index contributed by atoms with van der Waals surface area (Å²) in [6, 6.07) is 10.9. The largest absolute Gasteiger partial charge is 0.484 e. The molecule has 0 fully saturated rings. The van der Waals surface area contributed by atoms with Gasteiger partial charge in [0.05, 0.1) is 12.8 Å². The number of nitrogens with zero attached hydrogens (tertiary/aromatic N) is 2. The van der Waals surface area contributed by atoms with Gasteiger partial charge in [-0.2, -0.15) is 5.10 Å². The zero-order valence-corrected chi connectivity index (χ0v) is 13.2. The van der Waals surface area contributed by atoms with E-state index in [1.54, 1.807) is 30.6 Å². The maximum atomic E-state index is 11.6. The third-order valence-corrected chi connectivity index (χ3v) is 2.89. The van der Waals surface area contributed by atoms with Crippen LogP contribution in [0.25, 0.3) is 0 Å². The van der Waals surface area contributed by atoms with Crippen LogP contribution in [0.2, 0.25) is 0 Å². The van der Waals surface area contributed by atoms with Gasteiger partial charge in [-0.15, -0.1) is 0 Å². The van der Waals surface area contributed by atoms with E-state index in [9.17, 15) is 9.59 Å². The average molecular weight is 326 g/mol. The van der Waals surface area contributed by atoms with E-state index in [1.807, 2.05) is 25.1 Å². The predicted molar refractivity (Wildman–Crippen MR) is 89.7 cm³/mol. The van der Waals surface area contributed by atoms with Gasteiger partial charge in [-0.3, -0.25) is 14.6 Å². The number of benzene rings is 1. The number of carbonyl (C=O) groups is 2. The Balaban J connectivity index is 1.66. The van der Waals surface area contributed by atoms with Crippen molar-refractivity contribution in [2.24, 2.45) is 5.10 Å². The second-order valence-corrected chi connectivity index (χ2v) is 4.96. The number of hydrogen-bond donors (Lipinski definition) is 2. The first-order valence-electron chi connectivity index (χ1n) is 7.31. The second kappa shape index (κ2) is 9.04. The molecule has 0 unspecified atom stereocenters. The highest BCUT2D eigenvalue weighted by Gasteiger charge is 2.05. The van der Waals surface area contributed by atoms with Gasteiger partial charge in [0.15, 0.2) is 6.61 Å². The summed E-state index contributed by atoms with van der Waals surface area (Å²) in [4.78, 5) is 27.1. The second-order valence-electron chi connectivity index (χ2n) is 4.96. The summed E-state index contributed by atoms with van der Waals surface area (Å²) >= 11 is 0. The summed E-state index contributed by atoms with van der Waals surface area (Å²) in [5.74, 6) is -0.211. The number of rotatable bonds is 7. The molecule has 124 valence electrons. The van der Waals surface area contributed by atoms with Gasteiger partial charge in [0.2, 0.25) is 0 Å². The number of hydrogen-bond acceptors (Lipinski definition) is 5. The number of amides is 2. The van der Waals surface area contributed by atoms with Crippen LogP contribution in [0.15, 0.2) is 53.9 Å². The van der Waals surface area contributed by atoms with Gasteiger partial charge < -0.3 is 10.1 Å². The van der Waals surface area contributed by atoms with E-state index < -0.39 is 5.91 Å². The summed E-state index contributed by atoms with van der Waals surface area (Å²) < 4.78 is 5.34. The van der Waals surface area contributed by atoms with E-state index >= 15 is 0 Å². The molecule has 0 bridgehead atoms. The summed E-state index contributed by atoms with van der Waals surface area (Å²) in [6.45, 7) is 1.60. The maximum absolute atomic E-state index is 11.6. The first-order chi connectivity index (χ1) is 11.6. The minimum Gasteiger partial charge on any atom is -0.484 e. The lowest BCUT2D eigenvalue weighted by Crippen LogP contribution is -2.37. The van der Waals surface area contributed by atoms with Crippen LogP contribution in [-0.4, -0.2) is 36.2 Å². The molecule has 0 spiro atoms. The van der Waals surface area contributed by atoms with Crippen molar-refractivity contribution in [1.82, 2.24) is 15.7 Å². The fraction of sp³-hybridized carbons (Fsp3) is 0.176. The first kappa shape index (κ1) is 17.1. The molecule has 0 atom stereocenters. The molecule has 2 aromatic rings. The normalized spacial score (nSPS) is 10.4. The van der Waals surface area contributed by atoms with Crippen molar-refractivity contribution in [1.29, 1.82) is 0 Å². The summed E-state index contributed by atoms with van der Waals surface area (Å²) in [5.41, 5.74) is 4.11. The number of pyridine rings is 1. The Kier molecular flexibility index (Phi) is 6.46. The van der Waals surface area contributed by atoms with Crippen LogP contribution in [0.1, 0.15) is 11.1 Å². The Morgan fingerprint density at radius 2 is 2.12 bits per heavy atom. The lowest BCUT2D eigenvalue weighted by atomic mass is 10.2. The number of aromatic nitrogens is 1. The molecule has 1 aromatic carbocycles. The number of carbonyl (C=O) groups excluding carboxylic acids is 2. The fourth-order valence-corrected chi connectivity index (χ4v) is 1.75. The van der Waals surface area contributed by atoms with Crippen molar-refractivity contribution in [2.45, 2.75) is 6.92 Å². The highest BCUT2D eigenvalue weighted by molar-refractivity contribution is 5.86. The SMILES string of the molecule is Cc1cccc(OCC(=O)NCC(=O)N/N=C\c2cccnc2)c1. The molecule has 7 heteroatoms. The molecule has 24 heavy (non-hydrogen) atoms. The van der Waals surface area contributed by atoms with E-state index in [-0.39, 0.29) is 19.1 Å². The Hall–Kier alpha value is -3.22. The Labute approximate surface area is 139 Å². The van der Waals surface area contributed by atoms with Crippen LogP contribution >= 0.6 is 0 Å². The monoisotopic (exact) mass is 326 g/mol. The van der Waals surface area contributed by atoms with Crippen molar-refractivity contribution in [3.05, 3.63) is 59.9 Å². The van der Waals surface area contributed by atoms with Gasteiger partial charge in [0.1, 0.15) is 5.75 Å². The van der Waals surface area contributed by atoms with Gasteiger partial charge in [-0.25, -0.2) is 5.43 Å². The predicted octanol–water partition coefficient (Wildman–Crippen LogP) is 1.04. The molecule has 0 saturated heterocycles. The number of hydrazone groups is 1. The van der Waals surface area contributed by atoms with Gasteiger partial charge in [-0.1, -0.05) is 18.2 Å². The summed E-state index contributed by atoms with van der Waals surface area (Å²) in [7, 11) is 0. The number of aryl methyl sites for hydroxylation is 1. The van der Waals surface area contributed by atoms with E-state index in [4.69, 9.17) is 4.74 Å². The molecular weight excluding hydrogens is 308 g/mol. The van der Waals surface area contributed by atoms with Crippen LogP contribution in [-0.2, 0) is 9.59 Å². The van der Waals surface area contributed by atoms with Crippen molar-refractivity contribution in [2.75, 3.05) is 13.2 Å². The van der Waals surface area contributed by atoms with Gasteiger partial charge in [0.25, 0.3) is 11.8 Å². The van der Waals surface area contributed by atoms with Crippen molar-refractivity contribution in [3.8, 4) is 5.75 Å². The molecule has 0 saturated carbocycles. The molecule has 0 aliphatic heterocycles. The van der Waals surface area contributed by atoms with Crippen LogP contribution in [0.4, 0.5) is 0 Å². The standard InChI is InChI=1S/C17H18N4O3/c1-13-4-2-6-15(8-13)24-12-17(23)19-11-16(22)21-20-10-14-5-3-7-18-9-14/h2-10H,11-12H2,1H3,(H,19,23)(H,21,22)/b20-10-. The third-order valence-electron chi connectivity index (χ3n) is 2.89. The first-order valence-corrected chi connectivity index (χ1v) is 7.31. The maximum Gasteiger partial charge on any atom is 0.259 e. The quantitative estimate of drug-likeness (QED) is 0.587. The molecule has 0 aliphatic rings. The molecule has 0 radical (unpaired) electrons. The van der Waals surface area contributed by atoms with Crippen LogP contribution < -0.4 is 15.5 Å². The van der Waals surface area contributed by atoms with Crippen molar-refractivity contribution < 1.29 is 14.3 Å². The topological polar surface area (TPSA) is 92.7 Å². The Bertz CT molecular complexity index is 717. The molecule has 0 aliphatic carbocycles. The highest BCUT2D eigenvalue weighted by atomic mass is 16.5. The van der Waals surface area contributed by atoms with E-state index in [1.165, 1.54) is 6.21 Å². The molecule has 2 amide bonds. The Morgan fingerprint density at radius 3 is 2.88 bits per heavy atom. The zero-order chi connectivity index (χ0) is 17.2. The van der Waals surface area contributed by atoms with Gasteiger partial charge >= 0.3 is 0 Å². The van der Waals surface area contributed by atoms with Crippen molar-refractivity contribution in [3.63, 3.8) is 0 Å². The molecule has 1 aromatic heterocycles. The minimum atomic E-state index is -0.431. The third kappa shape index (κ3) is 6.27. The molecule has 2 N–H and O–H groups in total. The zero-order valence-electron chi connectivity index (χ0n) is 13.2. The van der Waals surface area contributed by atoms with Gasteiger partial charge in [-0.05, 0) is 30.7 Å². The number of nitrogens with one attached hydrogen (secondary N) is 2. The van der Waals surface area contributed by atoms with Gasteiger partial charge in [0, 0.05) is 18.0 Å². The summed E-state index contributed by atoms with van der Waals surface area (Å²) in [6.07, 6.45) is 4.72. The molecule has 7 nitrogen and oxygen atoms in total. The van der Waals surface area contributed by atoms with Crippen molar-refractivity contribution >= 4 is 18.0 Å². The lowest BCUT2D eigenvalue weighted by molar-refractivity contribution is -0.127. The average Bonchev–Trinajstić information content (AvgIpc) is 2.59. The van der Waals surface area contributed by atoms with Crippen LogP contribution in [0.5, 0.6) is 5.75 Å². The van der Waals surface area contributed by atoms with E-state index in [0.29, 0.717) is 5.75 Å². The Morgan fingerprint density at radius 1 is 1.25 bits per heavy atom. The minimum absolute atomic E-state index is 0.157. The lowest BCUT2D eigenvalue weighted by Gasteiger charge is -2.07. The smallest absolute Gasteiger partial charge is 0.259 e. The number of ether oxygens (including phenoxy) is 1. The molecule has 2 rings (SSSR count). The fourth-order valence-electron chi connectivity index (χ4n) is 1.75. The van der Waals surface area contributed by atoms with E-state index in [0.717, 1.165) is 11.1 Å². The molecular formula is C17H18N4O3. The van der Waals surface area contributed by atoms with Crippen LogP contribution in [0, 0.1) is 6.92 Å².